The highest BCUT2D eigenvalue weighted by Crippen LogP contribution is 2.19. The molecule has 0 saturated carbocycles. The van der Waals surface area contributed by atoms with Gasteiger partial charge in [0.15, 0.2) is 0 Å². The molecule has 16 heavy (non-hydrogen) atoms. The topological polar surface area (TPSA) is 21.3 Å². The number of aryl methyl sites for hydroxylation is 2. The zero-order valence-electron chi connectivity index (χ0n) is 11.2. The summed E-state index contributed by atoms with van der Waals surface area (Å²) < 4.78 is 0. The Hall–Kier alpha value is -0.860. The molecule has 0 aliphatic rings. The van der Waals surface area contributed by atoms with Gasteiger partial charge in [0.25, 0.3) is 0 Å². The van der Waals surface area contributed by atoms with Crippen LogP contribution in [0.15, 0.2) is 18.2 Å². The summed E-state index contributed by atoms with van der Waals surface area (Å²) in [6.45, 7) is 12.5. The van der Waals surface area contributed by atoms with Gasteiger partial charge in [0, 0.05) is 0 Å². The maximum Gasteiger partial charge on any atom is 0.0813 e. The van der Waals surface area contributed by atoms with Gasteiger partial charge in [-0.15, -0.1) is 0 Å². The van der Waals surface area contributed by atoms with Crippen LogP contribution in [0.4, 0.5) is 0 Å². The fourth-order valence-electron chi connectivity index (χ4n) is 1.56. The van der Waals surface area contributed by atoms with Crippen molar-refractivity contribution in [3.63, 3.8) is 0 Å². The third kappa shape index (κ3) is 3.95. The second-order valence-electron chi connectivity index (χ2n) is 5.41. The second-order valence-corrected chi connectivity index (χ2v) is 5.41. The van der Waals surface area contributed by atoms with Gasteiger partial charge in [-0.1, -0.05) is 23.8 Å². The summed E-state index contributed by atoms with van der Waals surface area (Å²) in [5, 5.41) is 0. The Balaban J connectivity index is 2.73. The lowest BCUT2D eigenvalue weighted by atomic mass is 10.0. The van der Waals surface area contributed by atoms with E-state index >= 15 is 0 Å². The van der Waals surface area contributed by atoms with Crippen LogP contribution in [0.3, 0.4) is 0 Å². The molecule has 0 aromatic heterocycles. The van der Waals surface area contributed by atoms with Crippen LogP contribution in [0, 0.1) is 13.8 Å². The molecule has 2 nitrogen and oxygen atoms in total. The molecule has 0 radical (unpaired) electrons. The molecule has 90 valence electrons. The minimum atomic E-state index is -0.161. The molecule has 2 heteroatoms. The molecule has 0 aliphatic carbocycles. The fraction of sp³-hybridized carbons (Fsp3) is 0.571. The van der Waals surface area contributed by atoms with Crippen LogP contribution < -0.4 is 5.48 Å². The predicted molar refractivity (Wildman–Crippen MR) is 68.3 cm³/mol. The highest BCUT2D eigenvalue weighted by atomic mass is 16.7. The first kappa shape index (κ1) is 13.2. The van der Waals surface area contributed by atoms with Crippen LogP contribution in [-0.2, 0) is 4.84 Å². The van der Waals surface area contributed by atoms with Gasteiger partial charge in [-0.3, -0.25) is 4.84 Å². The van der Waals surface area contributed by atoms with E-state index in [2.05, 4.69) is 44.5 Å². The largest absolute Gasteiger partial charge is 0.296 e. The SMILES string of the molecule is Cc1ccc(C)c(C(C)NOC(C)(C)C)c1. The second kappa shape index (κ2) is 4.98. The number of benzene rings is 1. The lowest BCUT2D eigenvalue weighted by Gasteiger charge is -2.24. The van der Waals surface area contributed by atoms with Gasteiger partial charge < -0.3 is 0 Å². The maximum absolute atomic E-state index is 5.59. The molecule has 1 rings (SSSR count). The van der Waals surface area contributed by atoms with Gasteiger partial charge in [-0.2, -0.15) is 5.48 Å². The fourth-order valence-corrected chi connectivity index (χ4v) is 1.56. The molecule has 0 fully saturated rings. The quantitative estimate of drug-likeness (QED) is 0.786. The van der Waals surface area contributed by atoms with E-state index in [-0.39, 0.29) is 11.6 Å². The van der Waals surface area contributed by atoms with Crippen molar-refractivity contribution in [2.24, 2.45) is 0 Å². The van der Waals surface area contributed by atoms with Crippen LogP contribution in [-0.4, -0.2) is 5.60 Å². The zero-order chi connectivity index (χ0) is 12.3. The van der Waals surface area contributed by atoms with Gasteiger partial charge in [-0.25, -0.2) is 0 Å². The van der Waals surface area contributed by atoms with Crippen molar-refractivity contribution >= 4 is 0 Å². The third-order valence-electron chi connectivity index (χ3n) is 2.44. The average molecular weight is 221 g/mol. The Kier molecular flexibility index (Phi) is 4.11. The van der Waals surface area contributed by atoms with E-state index in [1.807, 2.05) is 20.8 Å². The van der Waals surface area contributed by atoms with E-state index in [1.165, 1.54) is 16.7 Å². The Morgan fingerprint density at radius 1 is 1.19 bits per heavy atom. The summed E-state index contributed by atoms with van der Waals surface area (Å²) in [5.41, 5.74) is 6.82. The van der Waals surface area contributed by atoms with Crippen molar-refractivity contribution in [3.05, 3.63) is 34.9 Å². The van der Waals surface area contributed by atoms with E-state index in [0.29, 0.717) is 0 Å². The normalized spacial score (nSPS) is 13.9. The number of nitrogens with one attached hydrogen (secondary N) is 1. The minimum absolute atomic E-state index is 0.161. The summed E-state index contributed by atoms with van der Waals surface area (Å²) in [6.07, 6.45) is 0. The highest BCUT2D eigenvalue weighted by Gasteiger charge is 2.14. The van der Waals surface area contributed by atoms with Crippen molar-refractivity contribution < 1.29 is 4.84 Å². The van der Waals surface area contributed by atoms with E-state index in [9.17, 15) is 0 Å². The van der Waals surface area contributed by atoms with Crippen molar-refractivity contribution in [1.29, 1.82) is 0 Å². The predicted octanol–water partition coefficient (Wildman–Crippen LogP) is 3.68. The lowest BCUT2D eigenvalue weighted by Crippen LogP contribution is -2.31. The molecule has 0 heterocycles. The maximum atomic E-state index is 5.59. The van der Waals surface area contributed by atoms with Gasteiger partial charge >= 0.3 is 0 Å². The Morgan fingerprint density at radius 3 is 2.38 bits per heavy atom. The molecule has 0 amide bonds. The van der Waals surface area contributed by atoms with E-state index in [0.717, 1.165) is 0 Å². The van der Waals surface area contributed by atoms with Gasteiger partial charge in [-0.05, 0) is 52.7 Å². The molecule has 0 bridgehead atoms. The first-order valence-electron chi connectivity index (χ1n) is 5.80. The van der Waals surface area contributed by atoms with Crippen LogP contribution in [0.25, 0.3) is 0 Å². The summed E-state index contributed by atoms with van der Waals surface area (Å²) in [4.78, 5) is 5.59. The zero-order valence-corrected chi connectivity index (χ0v) is 11.2. The number of hydroxylamine groups is 1. The van der Waals surface area contributed by atoms with Gasteiger partial charge in [0.1, 0.15) is 0 Å². The summed E-state index contributed by atoms with van der Waals surface area (Å²) in [5.74, 6) is 0. The van der Waals surface area contributed by atoms with Crippen LogP contribution >= 0.6 is 0 Å². The highest BCUT2D eigenvalue weighted by molar-refractivity contribution is 5.32. The lowest BCUT2D eigenvalue weighted by molar-refractivity contribution is -0.0867. The molecule has 1 atom stereocenters. The van der Waals surface area contributed by atoms with Gasteiger partial charge in [0.05, 0.1) is 11.6 Å². The van der Waals surface area contributed by atoms with Crippen molar-refractivity contribution in [3.8, 4) is 0 Å². The van der Waals surface area contributed by atoms with E-state index < -0.39 is 0 Å². The standard InChI is InChI=1S/C14H23NO/c1-10-7-8-11(2)13(9-10)12(3)15-16-14(4,5)6/h7-9,12,15H,1-6H3. The molecule has 1 aromatic carbocycles. The molecule has 0 saturated heterocycles. The number of rotatable bonds is 3. The molecule has 1 N–H and O–H groups in total. The van der Waals surface area contributed by atoms with Crippen LogP contribution in [0.1, 0.15) is 50.4 Å². The summed E-state index contributed by atoms with van der Waals surface area (Å²) >= 11 is 0. The first-order valence-corrected chi connectivity index (χ1v) is 5.80. The Bertz CT molecular complexity index is 352. The molecule has 1 unspecified atom stereocenters. The summed E-state index contributed by atoms with van der Waals surface area (Å²) in [7, 11) is 0. The van der Waals surface area contributed by atoms with Crippen LogP contribution in [0.2, 0.25) is 0 Å². The third-order valence-corrected chi connectivity index (χ3v) is 2.44. The number of hydrogen-bond acceptors (Lipinski definition) is 2. The molecule has 1 aromatic rings. The molecular formula is C14H23NO. The van der Waals surface area contributed by atoms with E-state index in [4.69, 9.17) is 4.84 Å². The van der Waals surface area contributed by atoms with Crippen molar-refractivity contribution in [2.45, 2.75) is 53.2 Å². The Morgan fingerprint density at radius 2 is 1.81 bits per heavy atom. The van der Waals surface area contributed by atoms with Crippen molar-refractivity contribution in [2.75, 3.05) is 0 Å². The minimum Gasteiger partial charge on any atom is -0.296 e. The molecule has 0 aliphatic heterocycles. The Labute approximate surface area is 99.0 Å². The van der Waals surface area contributed by atoms with E-state index in [1.54, 1.807) is 0 Å². The van der Waals surface area contributed by atoms with Gasteiger partial charge in [0.2, 0.25) is 0 Å². The summed E-state index contributed by atoms with van der Waals surface area (Å²) in [6, 6.07) is 6.70. The average Bonchev–Trinajstić information content (AvgIpc) is 2.17. The van der Waals surface area contributed by atoms with Crippen molar-refractivity contribution in [1.82, 2.24) is 5.48 Å². The molecular weight excluding hydrogens is 198 g/mol. The molecule has 0 spiro atoms. The smallest absolute Gasteiger partial charge is 0.0813 e. The first-order chi connectivity index (χ1) is 7.29. The monoisotopic (exact) mass is 221 g/mol. The number of hydrogen-bond donors (Lipinski definition) is 1. The van der Waals surface area contributed by atoms with Crippen LogP contribution in [0.5, 0.6) is 0 Å².